The second-order valence-electron chi connectivity index (χ2n) is 3.64. The van der Waals surface area contributed by atoms with Gasteiger partial charge in [-0.2, -0.15) is 0 Å². The Labute approximate surface area is 104 Å². The van der Waals surface area contributed by atoms with Crippen molar-refractivity contribution in [3.8, 4) is 0 Å². The number of hydrogen-bond donors (Lipinski definition) is 1. The summed E-state index contributed by atoms with van der Waals surface area (Å²) < 4.78 is 0. The first-order valence-corrected chi connectivity index (χ1v) is 6.40. The molecule has 0 amide bonds. The number of halogens is 1. The van der Waals surface area contributed by atoms with Crippen LogP contribution in [0.3, 0.4) is 0 Å². The SMILES string of the molecule is NC(CCc1cccnc1)c1sccc1Cl. The minimum atomic E-state index is 0.0210. The minimum absolute atomic E-state index is 0.0210. The molecular formula is C12H13ClN2S. The summed E-state index contributed by atoms with van der Waals surface area (Å²) in [6, 6.07) is 5.92. The summed E-state index contributed by atoms with van der Waals surface area (Å²) >= 11 is 7.65. The Morgan fingerprint density at radius 1 is 1.44 bits per heavy atom. The maximum absolute atomic E-state index is 6.09. The van der Waals surface area contributed by atoms with Crippen LogP contribution in [0.2, 0.25) is 5.02 Å². The molecule has 0 radical (unpaired) electrons. The van der Waals surface area contributed by atoms with E-state index in [2.05, 4.69) is 11.1 Å². The zero-order chi connectivity index (χ0) is 11.4. The molecule has 84 valence electrons. The molecule has 0 fully saturated rings. The van der Waals surface area contributed by atoms with Crippen molar-refractivity contribution < 1.29 is 0 Å². The van der Waals surface area contributed by atoms with E-state index in [0.717, 1.165) is 22.7 Å². The van der Waals surface area contributed by atoms with E-state index < -0.39 is 0 Å². The monoisotopic (exact) mass is 252 g/mol. The number of aromatic nitrogens is 1. The van der Waals surface area contributed by atoms with Gasteiger partial charge in [0, 0.05) is 23.3 Å². The molecule has 2 heterocycles. The van der Waals surface area contributed by atoms with Crippen LogP contribution < -0.4 is 5.73 Å². The smallest absolute Gasteiger partial charge is 0.0561 e. The Morgan fingerprint density at radius 3 is 2.94 bits per heavy atom. The van der Waals surface area contributed by atoms with Crippen molar-refractivity contribution in [3.63, 3.8) is 0 Å². The number of hydrogen-bond acceptors (Lipinski definition) is 3. The molecule has 1 atom stereocenters. The van der Waals surface area contributed by atoms with Gasteiger partial charge in [0.05, 0.1) is 5.02 Å². The van der Waals surface area contributed by atoms with Crippen LogP contribution in [0.4, 0.5) is 0 Å². The predicted molar refractivity (Wildman–Crippen MR) is 68.8 cm³/mol. The second-order valence-corrected chi connectivity index (χ2v) is 4.99. The van der Waals surface area contributed by atoms with Crippen molar-refractivity contribution >= 4 is 22.9 Å². The molecule has 0 aliphatic carbocycles. The molecule has 16 heavy (non-hydrogen) atoms. The van der Waals surface area contributed by atoms with E-state index in [0.29, 0.717) is 0 Å². The molecule has 0 spiro atoms. The Hall–Kier alpha value is -0.900. The van der Waals surface area contributed by atoms with Gasteiger partial charge >= 0.3 is 0 Å². The van der Waals surface area contributed by atoms with E-state index in [1.54, 1.807) is 17.5 Å². The first-order chi connectivity index (χ1) is 7.77. The van der Waals surface area contributed by atoms with Crippen molar-refractivity contribution in [3.05, 3.63) is 51.4 Å². The fourth-order valence-corrected chi connectivity index (χ4v) is 2.80. The van der Waals surface area contributed by atoms with Gasteiger partial charge in [-0.15, -0.1) is 11.3 Å². The number of nitrogens with two attached hydrogens (primary N) is 1. The van der Waals surface area contributed by atoms with Crippen LogP contribution in [0.5, 0.6) is 0 Å². The standard InChI is InChI=1S/C12H13ClN2S/c13-10-5-7-16-12(10)11(14)4-3-9-2-1-6-15-8-9/h1-2,5-8,11H,3-4,14H2. The molecule has 0 aliphatic heterocycles. The van der Waals surface area contributed by atoms with Crippen LogP contribution in [0.15, 0.2) is 36.0 Å². The van der Waals surface area contributed by atoms with Gasteiger partial charge < -0.3 is 5.73 Å². The molecule has 2 aromatic heterocycles. The van der Waals surface area contributed by atoms with Crippen molar-refractivity contribution in [2.24, 2.45) is 5.73 Å². The van der Waals surface area contributed by atoms with Gasteiger partial charge in [0.15, 0.2) is 0 Å². The third-order valence-corrected chi connectivity index (χ3v) is 3.94. The molecular weight excluding hydrogens is 240 g/mol. The van der Waals surface area contributed by atoms with E-state index in [9.17, 15) is 0 Å². The molecule has 0 saturated heterocycles. The second kappa shape index (κ2) is 5.43. The molecule has 2 N–H and O–H groups in total. The summed E-state index contributed by atoms with van der Waals surface area (Å²) in [5.74, 6) is 0. The van der Waals surface area contributed by atoms with Crippen LogP contribution in [-0.2, 0) is 6.42 Å². The molecule has 4 heteroatoms. The van der Waals surface area contributed by atoms with E-state index in [4.69, 9.17) is 17.3 Å². The third kappa shape index (κ3) is 2.82. The molecule has 0 saturated carbocycles. The Kier molecular flexibility index (Phi) is 3.93. The highest BCUT2D eigenvalue weighted by atomic mass is 35.5. The normalized spacial score (nSPS) is 12.6. The van der Waals surface area contributed by atoms with Crippen LogP contribution in [0, 0.1) is 0 Å². The van der Waals surface area contributed by atoms with Crippen molar-refractivity contribution in [1.29, 1.82) is 0 Å². The fraction of sp³-hybridized carbons (Fsp3) is 0.250. The zero-order valence-electron chi connectivity index (χ0n) is 8.77. The molecule has 0 aromatic carbocycles. The fourth-order valence-electron chi connectivity index (χ4n) is 1.57. The number of thiophene rings is 1. The Bertz CT molecular complexity index is 441. The Morgan fingerprint density at radius 2 is 2.31 bits per heavy atom. The molecule has 2 aromatic rings. The summed E-state index contributed by atoms with van der Waals surface area (Å²) in [6.45, 7) is 0. The zero-order valence-corrected chi connectivity index (χ0v) is 10.3. The van der Waals surface area contributed by atoms with Gasteiger partial charge in [-0.05, 0) is 35.9 Å². The number of nitrogens with zero attached hydrogens (tertiary/aromatic N) is 1. The van der Waals surface area contributed by atoms with Gasteiger partial charge in [0.25, 0.3) is 0 Å². The number of aryl methyl sites for hydroxylation is 1. The average Bonchev–Trinajstić information content (AvgIpc) is 2.74. The van der Waals surface area contributed by atoms with E-state index in [1.165, 1.54) is 5.56 Å². The van der Waals surface area contributed by atoms with Crippen LogP contribution >= 0.6 is 22.9 Å². The quantitative estimate of drug-likeness (QED) is 0.906. The van der Waals surface area contributed by atoms with Crippen LogP contribution in [-0.4, -0.2) is 4.98 Å². The van der Waals surface area contributed by atoms with Gasteiger partial charge in [0.1, 0.15) is 0 Å². The number of pyridine rings is 1. The topological polar surface area (TPSA) is 38.9 Å². The van der Waals surface area contributed by atoms with E-state index >= 15 is 0 Å². The highest BCUT2D eigenvalue weighted by molar-refractivity contribution is 7.10. The van der Waals surface area contributed by atoms with Crippen LogP contribution in [0.25, 0.3) is 0 Å². The van der Waals surface area contributed by atoms with E-state index in [1.807, 2.05) is 23.7 Å². The summed E-state index contributed by atoms with van der Waals surface area (Å²) in [5, 5.41) is 2.76. The highest BCUT2D eigenvalue weighted by Crippen LogP contribution is 2.29. The van der Waals surface area contributed by atoms with Crippen molar-refractivity contribution in [2.75, 3.05) is 0 Å². The molecule has 0 bridgehead atoms. The van der Waals surface area contributed by atoms with Gasteiger partial charge in [0.2, 0.25) is 0 Å². The maximum Gasteiger partial charge on any atom is 0.0561 e. The van der Waals surface area contributed by atoms with Crippen molar-refractivity contribution in [1.82, 2.24) is 4.98 Å². The first-order valence-electron chi connectivity index (χ1n) is 5.15. The molecule has 2 rings (SSSR count). The summed E-state index contributed by atoms with van der Waals surface area (Å²) in [7, 11) is 0. The lowest BCUT2D eigenvalue weighted by Gasteiger charge is -2.09. The van der Waals surface area contributed by atoms with E-state index in [-0.39, 0.29) is 6.04 Å². The lowest BCUT2D eigenvalue weighted by Crippen LogP contribution is -2.10. The van der Waals surface area contributed by atoms with Gasteiger partial charge in [-0.1, -0.05) is 17.7 Å². The predicted octanol–water partition coefficient (Wildman–Crippen LogP) is 3.43. The van der Waals surface area contributed by atoms with Gasteiger partial charge in [-0.3, -0.25) is 4.98 Å². The molecule has 0 aliphatic rings. The largest absolute Gasteiger partial charge is 0.323 e. The first kappa shape index (κ1) is 11.6. The number of rotatable bonds is 4. The third-order valence-electron chi connectivity index (χ3n) is 2.45. The summed E-state index contributed by atoms with van der Waals surface area (Å²) in [5.41, 5.74) is 7.31. The van der Waals surface area contributed by atoms with Crippen molar-refractivity contribution in [2.45, 2.75) is 18.9 Å². The lowest BCUT2D eigenvalue weighted by atomic mass is 10.1. The molecule has 1 unspecified atom stereocenters. The highest BCUT2D eigenvalue weighted by Gasteiger charge is 2.11. The minimum Gasteiger partial charge on any atom is -0.323 e. The summed E-state index contributed by atoms with van der Waals surface area (Å²) in [6.07, 6.45) is 5.48. The van der Waals surface area contributed by atoms with Crippen LogP contribution in [0.1, 0.15) is 22.9 Å². The summed E-state index contributed by atoms with van der Waals surface area (Å²) in [4.78, 5) is 5.15. The van der Waals surface area contributed by atoms with Gasteiger partial charge in [-0.25, -0.2) is 0 Å². The maximum atomic E-state index is 6.09. The Balaban J connectivity index is 1.94. The average molecular weight is 253 g/mol. The lowest BCUT2D eigenvalue weighted by molar-refractivity contribution is 0.661. The molecule has 2 nitrogen and oxygen atoms in total.